The molecule has 0 unspecified atom stereocenters. The molecular formula is C23H20N2O4S. The van der Waals surface area contributed by atoms with Gasteiger partial charge >= 0.3 is 0 Å². The maximum atomic E-state index is 13.0. The molecule has 30 heavy (non-hydrogen) atoms. The molecule has 1 amide bonds. The third-order valence-corrected chi connectivity index (χ3v) is 6.02. The zero-order valence-corrected chi connectivity index (χ0v) is 17.3. The maximum absolute atomic E-state index is 13.0. The van der Waals surface area contributed by atoms with E-state index < -0.39 is 17.7 Å². The summed E-state index contributed by atoms with van der Waals surface area (Å²) in [5.41, 5.74) is 2.19. The number of amides is 1. The molecular weight excluding hydrogens is 400 g/mol. The summed E-state index contributed by atoms with van der Waals surface area (Å²) in [5.74, 6) is -0.836. The fourth-order valence-electron chi connectivity index (χ4n) is 3.66. The van der Waals surface area contributed by atoms with E-state index in [1.54, 1.807) is 43.8 Å². The van der Waals surface area contributed by atoms with Crippen LogP contribution in [0.4, 0.5) is 0 Å². The molecule has 1 aliphatic heterocycles. The fourth-order valence-corrected chi connectivity index (χ4v) is 4.50. The van der Waals surface area contributed by atoms with Gasteiger partial charge in [-0.3, -0.25) is 14.6 Å². The van der Waals surface area contributed by atoms with Crippen molar-refractivity contribution in [3.63, 3.8) is 0 Å². The molecule has 0 saturated carbocycles. The third kappa shape index (κ3) is 3.48. The van der Waals surface area contributed by atoms with Gasteiger partial charge in [-0.15, -0.1) is 11.3 Å². The minimum absolute atomic E-state index is 0.0934. The van der Waals surface area contributed by atoms with Crippen LogP contribution in [0, 0.1) is 6.92 Å². The van der Waals surface area contributed by atoms with Crippen LogP contribution in [0.5, 0.6) is 5.75 Å². The molecule has 1 saturated heterocycles. The highest BCUT2D eigenvalue weighted by Crippen LogP contribution is 2.42. The first-order chi connectivity index (χ1) is 14.5. The minimum Gasteiger partial charge on any atom is -0.507 e. The van der Waals surface area contributed by atoms with E-state index in [2.05, 4.69) is 4.98 Å². The van der Waals surface area contributed by atoms with Gasteiger partial charge in [-0.25, -0.2) is 0 Å². The second-order valence-electron chi connectivity index (χ2n) is 6.99. The van der Waals surface area contributed by atoms with Crippen LogP contribution < -0.4 is 4.74 Å². The van der Waals surface area contributed by atoms with Gasteiger partial charge in [0.2, 0.25) is 0 Å². The lowest BCUT2D eigenvalue weighted by atomic mass is 9.98. The Morgan fingerprint density at radius 3 is 2.70 bits per heavy atom. The van der Waals surface area contributed by atoms with Crippen molar-refractivity contribution in [3.05, 3.63) is 87.4 Å². The Morgan fingerprint density at radius 1 is 1.23 bits per heavy atom. The van der Waals surface area contributed by atoms with Crippen LogP contribution in [0.2, 0.25) is 0 Å². The van der Waals surface area contributed by atoms with Gasteiger partial charge in [0.1, 0.15) is 11.5 Å². The second kappa shape index (κ2) is 8.12. The van der Waals surface area contributed by atoms with E-state index in [1.807, 2.05) is 30.5 Å². The highest BCUT2D eigenvalue weighted by Gasteiger charge is 2.46. The van der Waals surface area contributed by atoms with Crippen molar-refractivity contribution < 1.29 is 19.4 Å². The summed E-state index contributed by atoms with van der Waals surface area (Å²) >= 11 is 1.44. The predicted molar refractivity (Wildman–Crippen MR) is 114 cm³/mol. The molecule has 7 heteroatoms. The van der Waals surface area contributed by atoms with Crippen LogP contribution in [0.1, 0.15) is 27.6 Å². The molecule has 2 aromatic heterocycles. The number of hydrogen-bond donors (Lipinski definition) is 1. The molecule has 0 bridgehead atoms. The largest absolute Gasteiger partial charge is 0.507 e. The van der Waals surface area contributed by atoms with E-state index in [1.165, 1.54) is 16.2 Å². The number of benzene rings is 1. The minimum atomic E-state index is -0.691. The Hall–Kier alpha value is -3.45. The number of likely N-dealkylation sites (tertiary alicyclic amines) is 1. The number of hydrogen-bond acceptors (Lipinski definition) is 6. The lowest BCUT2D eigenvalue weighted by Crippen LogP contribution is -2.28. The Morgan fingerprint density at radius 2 is 2.07 bits per heavy atom. The number of aromatic nitrogens is 1. The summed E-state index contributed by atoms with van der Waals surface area (Å²) in [6.45, 7) is 2.08. The molecule has 1 N–H and O–H groups in total. The lowest BCUT2D eigenvalue weighted by Gasteiger charge is -2.24. The Bertz CT molecular complexity index is 1120. The number of carbonyl (C=O) groups excluding carboxylic acids is 2. The number of aryl methyl sites for hydroxylation is 1. The average Bonchev–Trinajstić information content (AvgIpc) is 3.37. The zero-order chi connectivity index (χ0) is 21.3. The Kier molecular flexibility index (Phi) is 5.37. The van der Waals surface area contributed by atoms with Gasteiger partial charge in [-0.1, -0.05) is 12.1 Å². The molecule has 1 atom stereocenters. The number of nitrogens with zero attached hydrogens (tertiary/aromatic N) is 2. The first-order valence-corrected chi connectivity index (χ1v) is 10.2. The predicted octanol–water partition coefficient (Wildman–Crippen LogP) is 4.08. The smallest absolute Gasteiger partial charge is 0.295 e. The van der Waals surface area contributed by atoms with E-state index in [0.29, 0.717) is 11.3 Å². The summed E-state index contributed by atoms with van der Waals surface area (Å²) in [7, 11) is 1.57. The van der Waals surface area contributed by atoms with Crippen molar-refractivity contribution in [1.82, 2.24) is 9.88 Å². The van der Waals surface area contributed by atoms with Crippen molar-refractivity contribution in [2.24, 2.45) is 0 Å². The molecule has 4 rings (SSSR count). The Labute approximate surface area is 178 Å². The maximum Gasteiger partial charge on any atom is 0.295 e. The van der Waals surface area contributed by atoms with Crippen LogP contribution in [-0.4, -0.2) is 33.8 Å². The fraction of sp³-hybridized carbons (Fsp3) is 0.174. The quantitative estimate of drug-likeness (QED) is 0.382. The van der Waals surface area contributed by atoms with Gasteiger partial charge in [0, 0.05) is 29.4 Å². The first-order valence-electron chi connectivity index (χ1n) is 9.37. The van der Waals surface area contributed by atoms with E-state index in [4.69, 9.17) is 4.74 Å². The van der Waals surface area contributed by atoms with Crippen LogP contribution >= 0.6 is 11.3 Å². The van der Waals surface area contributed by atoms with Gasteiger partial charge in [-0.2, -0.15) is 0 Å². The summed E-state index contributed by atoms with van der Waals surface area (Å²) in [6.07, 6.45) is 3.32. The number of rotatable bonds is 5. The SMILES string of the molecule is COc1ccc(C(O)=C2C(=O)C(=O)N(Cc3cccnc3)[C@H]2c2cccs2)cc1C. The summed E-state index contributed by atoms with van der Waals surface area (Å²) in [4.78, 5) is 32.3. The van der Waals surface area contributed by atoms with Gasteiger partial charge in [0.15, 0.2) is 0 Å². The molecule has 3 aromatic rings. The van der Waals surface area contributed by atoms with Crippen molar-refractivity contribution in [3.8, 4) is 5.75 Å². The molecule has 6 nitrogen and oxygen atoms in total. The number of thiophene rings is 1. The molecule has 1 aromatic carbocycles. The number of ether oxygens (including phenoxy) is 1. The van der Waals surface area contributed by atoms with Crippen LogP contribution in [0.25, 0.3) is 5.76 Å². The van der Waals surface area contributed by atoms with Crippen LogP contribution in [0.3, 0.4) is 0 Å². The monoisotopic (exact) mass is 420 g/mol. The van der Waals surface area contributed by atoms with Crippen LogP contribution in [0.15, 0.2) is 65.8 Å². The number of carbonyl (C=O) groups is 2. The van der Waals surface area contributed by atoms with E-state index >= 15 is 0 Å². The van der Waals surface area contributed by atoms with Gasteiger partial charge in [0.05, 0.1) is 18.7 Å². The van der Waals surface area contributed by atoms with Crippen molar-refractivity contribution >= 4 is 28.8 Å². The van der Waals surface area contributed by atoms with Crippen LogP contribution in [-0.2, 0) is 16.1 Å². The van der Waals surface area contributed by atoms with Crippen molar-refractivity contribution in [2.45, 2.75) is 19.5 Å². The summed E-state index contributed by atoms with van der Waals surface area (Å²) in [5, 5.41) is 13.0. The Balaban J connectivity index is 1.83. The van der Waals surface area contributed by atoms with E-state index in [0.717, 1.165) is 16.0 Å². The highest BCUT2D eigenvalue weighted by atomic mass is 32.1. The molecule has 1 aliphatic rings. The third-order valence-electron chi connectivity index (χ3n) is 5.10. The molecule has 152 valence electrons. The number of aliphatic hydroxyl groups is 1. The van der Waals surface area contributed by atoms with E-state index in [9.17, 15) is 14.7 Å². The molecule has 0 spiro atoms. The average molecular weight is 420 g/mol. The van der Waals surface area contributed by atoms with Gasteiger partial charge in [-0.05, 0) is 53.8 Å². The number of Topliss-reactive ketones (excluding diaryl/α,β-unsaturated/α-hetero) is 1. The van der Waals surface area contributed by atoms with Crippen molar-refractivity contribution in [2.75, 3.05) is 7.11 Å². The number of ketones is 1. The first kappa shape index (κ1) is 19.8. The molecule has 3 heterocycles. The number of pyridine rings is 1. The normalized spacial score (nSPS) is 18.1. The van der Waals surface area contributed by atoms with Gasteiger partial charge in [0.25, 0.3) is 11.7 Å². The molecule has 1 fully saturated rings. The number of aliphatic hydroxyl groups excluding tert-OH is 1. The lowest BCUT2D eigenvalue weighted by molar-refractivity contribution is -0.140. The summed E-state index contributed by atoms with van der Waals surface area (Å²) in [6, 6.07) is 11.9. The topological polar surface area (TPSA) is 79.7 Å². The second-order valence-corrected chi connectivity index (χ2v) is 7.97. The molecule has 0 aliphatic carbocycles. The highest BCUT2D eigenvalue weighted by molar-refractivity contribution is 7.10. The van der Waals surface area contributed by atoms with Gasteiger partial charge < -0.3 is 14.7 Å². The summed E-state index contributed by atoms with van der Waals surface area (Å²) < 4.78 is 5.28. The standard InChI is InChI=1S/C23H20N2O4S/c1-14-11-16(7-8-17(14)29-2)21(26)19-20(18-6-4-10-30-18)25(23(28)22(19)27)13-15-5-3-9-24-12-15/h3-12,20,26H,13H2,1-2H3/t20-/m0/s1. The zero-order valence-electron chi connectivity index (χ0n) is 16.5. The molecule has 0 radical (unpaired) electrons. The van der Waals surface area contributed by atoms with Crippen molar-refractivity contribution in [1.29, 1.82) is 0 Å². The number of methoxy groups -OCH3 is 1. The van der Waals surface area contributed by atoms with E-state index in [-0.39, 0.29) is 17.9 Å².